The first-order valence-electron chi connectivity index (χ1n) is 8.06. The summed E-state index contributed by atoms with van der Waals surface area (Å²) >= 11 is 0. The van der Waals surface area contributed by atoms with Gasteiger partial charge in [-0.3, -0.25) is 19.3 Å². The number of anilines is 2. The molecular weight excluding hydrogens is 336 g/mol. The zero-order valence-electron chi connectivity index (χ0n) is 13.8. The number of benzene rings is 2. The highest BCUT2D eigenvalue weighted by Crippen LogP contribution is 2.23. The van der Waals surface area contributed by atoms with Gasteiger partial charge in [-0.05, 0) is 48.9 Å². The van der Waals surface area contributed by atoms with E-state index in [1.807, 2.05) is 0 Å². The second-order valence-corrected chi connectivity index (χ2v) is 5.86. The Bertz CT molecular complexity index is 873. The average molecular weight is 352 g/mol. The maximum absolute atomic E-state index is 12.4. The summed E-state index contributed by atoms with van der Waals surface area (Å²) in [5, 5.41) is 11.5. The molecule has 7 heteroatoms. The third-order valence-electron chi connectivity index (χ3n) is 4.04. The fourth-order valence-electron chi connectivity index (χ4n) is 2.73. The molecule has 3 amide bonds. The summed E-state index contributed by atoms with van der Waals surface area (Å²) in [5.74, 6) is -2.02. The number of nitrogens with one attached hydrogen (secondary N) is 1. The lowest BCUT2D eigenvalue weighted by Crippen LogP contribution is -2.40. The van der Waals surface area contributed by atoms with Gasteiger partial charge in [-0.2, -0.15) is 0 Å². The van der Waals surface area contributed by atoms with Gasteiger partial charge in [-0.15, -0.1) is 0 Å². The highest BCUT2D eigenvalue weighted by molar-refractivity contribution is 6.17. The van der Waals surface area contributed by atoms with Crippen molar-refractivity contribution < 1.29 is 24.3 Å². The van der Waals surface area contributed by atoms with Gasteiger partial charge < -0.3 is 10.4 Å². The molecule has 0 aliphatic carbocycles. The highest BCUT2D eigenvalue weighted by Gasteiger charge is 2.27. The van der Waals surface area contributed by atoms with Crippen LogP contribution in [0.3, 0.4) is 0 Å². The van der Waals surface area contributed by atoms with Crippen LogP contribution in [0.1, 0.15) is 40.0 Å². The minimum Gasteiger partial charge on any atom is -0.478 e. The van der Waals surface area contributed by atoms with Crippen molar-refractivity contribution in [2.75, 3.05) is 10.2 Å². The third-order valence-corrected chi connectivity index (χ3v) is 4.04. The topological polar surface area (TPSA) is 104 Å². The van der Waals surface area contributed by atoms with E-state index in [2.05, 4.69) is 5.32 Å². The zero-order chi connectivity index (χ0) is 18.7. The van der Waals surface area contributed by atoms with Gasteiger partial charge in [0.15, 0.2) is 0 Å². The largest absolute Gasteiger partial charge is 0.478 e. The van der Waals surface area contributed by atoms with Gasteiger partial charge in [0, 0.05) is 24.1 Å². The molecule has 0 aromatic heterocycles. The van der Waals surface area contributed by atoms with E-state index in [1.165, 1.54) is 30.3 Å². The number of amides is 3. The molecule has 0 radical (unpaired) electrons. The lowest BCUT2D eigenvalue weighted by atomic mass is 10.1. The van der Waals surface area contributed by atoms with Gasteiger partial charge in [-0.25, -0.2) is 4.79 Å². The monoisotopic (exact) mass is 352 g/mol. The Kier molecular flexibility index (Phi) is 4.79. The zero-order valence-corrected chi connectivity index (χ0v) is 13.8. The summed E-state index contributed by atoms with van der Waals surface area (Å²) in [4.78, 5) is 48.4. The summed E-state index contributed by atoms with van der Waals surface area (Å²) < 4.78 is 0. The highest BCUT2D eigenvalue weighted by atomic mass is 16.4. The predicted molar refractivity (Wildman–Crippen MR) is 94.1 cm³/mol. The Labute approximate surface area is 149 Å². The smallest absolute Gasteiger partial charge is 0.335 e. The van der Waals surface area contributed by atoms with Crippen molar-refractivity contribution in [3.05, 3.63) is 59.7 Å². The van der Waals surface area contributed by atoms with Crippen LogP contribution in [0.25, 0.3) is 0 Å². The maximum Gasteiger partial charge on any atom is 0.335 e. The molecule has 2 aromatic carbocycles. The molecule has 2 aromatic rings. The Balaban J connectivity index is 1.79. The number of rotatable bonds is 4. The molecule has 132 valence electrons. The van der Waals surface area contributed by atoms with Crippen LogP contribution >= 0.6 is 0 Å². The van der Waals surface area contributed by atoms with Crippen molar-refractivity contribution in [1.29, 1.82) is 0 Å². The normalized spacial score (nSPS) is 14.2. The lowest BCUT2D eigenvalue weighted by molar-refractivity contribution is -0.129. The molecule has 1 saturated heterocycles. The molecule has 3 rings (SSSR count). The van der Waals surface area contributed by atoms with Gasteiger partial charge in [-0.1, -0.05) is 6.07 Å². The minimum absolute atomic E-state index is 0.118. The Morgan fingerprint density at radius 1 is 0.923 bits per heavy atom. The molecule has 0 bridgehead atoms. The van der Waals surface area contributed by atoms with Crippen LogP contribution in [0.4, 0.5) is 11.4 Å². The van der Waals surface area contributed by atoms with Crippen molar-refractivity contribution in [1.82, 2.24) is 0 Å². The number of carbonyl (C=O) groups is 4. The Morgan fingerprint density at radius 3 is 2.19 bits per heavy atom. The van der Waals surface area contributed by atoms with Gasteiger partial charge in [0.05, 0.1) is 11.3 Å². The molecule has 0 unspecified atom stereocenters. The number of carboxylic acids is 1. The Morgan fingerprint density at radius 2 is 1.58 bits per heavy atom. The fraction of sp³-hybridized carbons (Fsp3) is 0.158. The van der Waals surface area contributed by atoms with E-state index in [0.29, 0.717) is 30.6 Å². The van der Waals surface area contributed by atoms with E-state index in [9.17, 15) is 19.2 Å². The van der Waals surface area contributed by atoms with Gasteiger partial charge in [0.2, 0.25) is 11.8 Å². The summed E-state index contributed by atoms with van der Waals surface area (Å²) in [6, 6.07) is 12.0. The number of hydrogen-bond acceptors (Lipinski definition) is 4. The Hall–Kier alpha value is -3.48. The van der Waals surface area contributed by atoms with Crippen LogP contribution in [0.5, 0.6) is 0 Å². The molecule has 1 fully saturated rings. The molecular formula is C19H16N2O5. The number of aromatic carboxylic acids is 1. The molecule has 1 heterocycles. The standard InChI is InChI=1S/C19H16N2O5/c22-16-5-2-6-17(23)21(16)15-4-1-3-13(11-15)18(24)20-14-9-7-12(8-10-14)19(25)26/h1,3-4,7-11H,2,5-6H2,(H,20,24)(H,25,26). The van der Waals surface area contributed by atoms with Crippen molar-refractivity contribution in [2.45, 2.75) is 19.3 Å². The molecule has 0 saturated carbocycles. The van der Waals surface area contributed by atoms with E-state index < -0.39 is 11.9 Å². The molecule has 0 spiro atoms. The second-order valence-electron chi connectivity index (χ2n) is 5.86. The van der Waals surface area contributed by atoms with Gasteiger partial charge in [0.1, 0.15) is 0 Å². The van der Waals surface area contributed by atoms with Crippen LogP contribution in [0.15, 0.2) is 48.5 Å². The quantitative estimate of drug-likeness (QED) is 0.823. The molecule has 0 atom stereocenters. The number of piperidine rings is 1. The third kappa shape index (κ3) is 3.61. The number of carbonyl (C=O) groups excluding carboxylic acids is 3. The summed E-state index contributed by atoms with van der Waals surface area (Å²) in [5.41, 5.74) is 1.22. The summed E-state index contributed by atoms with van der Waals surface area (Å²) in [6.07, 6.45) is 1.15. The van der Waals surface area contributed by atoms with E-state index >= 15 is 0 Å². The fourth-order valence-corrected chi connectivity index (χ4v) is 2.73. The summed E-state index contributed by atoms with van der Waals surface area (Å²) in [6.45, 7) is 0. The van der Waals surface area contributed by atoms with E-state index in [-0.39, 0.29) is 22.9 Å². The van der Waals surface area contributed by atoms with Crippen molar-refractivity contribution >= 4 is 35.1 Å². The number of nitrogens with zero attached hydrogens (tertiary/aromatic N) is 1. The maximum atomic E-state index is 12.4. The van der Waals surface area contributed by atoms with Gasteiger partial charge >= 0.3 is 5.97 Å². The first kappa shape index (κ1) is 17.3. The first-order valence-corrected chi connectivity index (χ1v) is 8.06. The number of imide groups is 1. The van der Waals surface area contributed by atoms with Gasteiger partial charge in [0.25, 0.3) is 5.91 Å². The number of hydrogen-bond donors (Lipinski definition) is 2. The van der Waals surface area contributed by atoms with Crippen LogP contribution in [0.2, 0.25) is 0 Å². The van der Waals surface area contributed by atoms with Crippen LogP contribution in [0, 0.1) is 0 Å². The van der Waals surface area contributed by atoms with Crippen molar-refractivity contribution in [3.8, 4) is 0 Å². The molecule has 26 heavy (non-hydrogen) atoms. The van der Waals surface area contributed by atoms with Crippen molar-refractivity contribution in [2.24, 2.45) is 0 Å². The van der Waals surface area contributed by atoms with E-state index in [0.717, 1.165) is 4.90 Å². The SMILES string of the molecule is O=C(O)c1ccc(NC(=O)c2cccc(N3C(=O)CCCC3=O)c2)cc1. The van der Waals surface area contributed by atoms with Crippen LogP contribution in [-0.2, 0) is 9.59 Å². The minimum atomic E-state index is -1.05. The summed E-state index contributed by atoms with van der Waals surface area (Å²) in [7, 11) is 0. The molecule has 1 aliphatic heterocycles. The second kappa shape index (κ2) is 7.18. The van der Waals surface area contributed by atoms with Crippen LogP contribution < -0.4 is 10.2 Å². The van der Waals surface area contributed by atoms with Crippen LogP contribution in [-0.4, -0.2) is 28.8 Å². The molecule has 7 nitrogen and oxygen atoms in total. The molecule has 2 N–H and O–H groups in total. The van der Waals surface area contributed by atoms with E-state index in [1.54, 1.807) is 18.2 Å². The predicted octanol–water partition coefficient (Wildman–Crippen LogP) is 2.68. The number of carboxylic acid groups (broad SMARTS) is 1. The lowest BCUT2D eigenvalue weighted by Gasteiger charge is -2.25. The van der Waals surface area contributed by atoms with E-state index in [4.69, 9.17) is 5.11 Å². The van der Waals surface area contributed by atoms with Crippen molar-refractivity contribution in [3.63, 3.8) is 0 Å². The molecule has 1 aliphatic rings. The average Bonchev–Trinajstić information content (AvgIpc) is 2.62. The first-order chi connectivity index (χ1) is 12.5.